The van der Waals surface area contributed by atoms with Gasteiger partial charge in [0.25, 0.3) is 5.91 Å². The predicted molar refractivity (Wildman–Crippen MR) is 106 cm³/mol. The number of rotatable bonds is 6. The summed E-state index contributed by atoms with van der Waals surface area (Å²) in [6.07, 6.45) is 3.54. The molecule has 2 aromatic rings. The molecule has 1 aliphatic heterocycles. The van der Waals surface area contributed by atoms with Crippen LogP contribution in [0.4, 0.5) is 5.13 Å². The van der Waals surface area contributed by atoms with E-state index >= 15 is 0 Å². The van der Waals surface area contributed by atoms with Gasteiger partial charge in [-0.2, -0.15) is 4.99 Å². The fourth-order valence-corrected chi connectivity index (χ4v) is 4.03. The summed E-state index contributed by atoms with van der Waals surface area (Å²) in [6.45, 7) is 4.97. The monoisotopic (exact) mass is 389 g/mol. The first-order chi connectivity index (χ1) is 12.7. The van der Waals surface area contributed by atoms with Gasteiger partial charge in [0.2, 0.25) is 5.13 Å². The van der Waals surface area contributed by atoms with Crippen molar-refractivity contribution in [2.45, 2.75) is 13.8 Å². The fraction of sp³-hybridized carbons (Fsp3) is 0.278. The largest absolute Gasteiger partial charge is 0.493 e. The number of amidine groups is 1. The quantitative estimate of drug-likeness (QED) is 0.694. The molecule has 2 heterocycles. The maximum absolute atomic E-state index is 12.7. The average Bonchev–Trinajstić information content (AvgIpc) is 3.25. The van der Waals surface area contributed by atoms with Crippen molar-refractivity contribution in [2.75, 3.05) is 20.3 Å². The Hall–Kier alpha value is -2.32. The molecule has 1 fully saturated rings. The smallest absolute Gasteiger partial charge is 0.266 e. The van der Waals surface area contributed by atoms with E-state index in [4.69, 9.17) is 9.47 Å². The van der Waals surface area contributed by atoms with E-state index in [1.54, 1.807) is 18.2 Å². The topological polar surface area (TPSA) is 64.0 Å². The number of aromatic nitrogens is 1. The van der Waals surface area contributed by atoms with Crippen molar-refractivity contribution in [3.63, 3.8) is 0 Å². The molecule has 0 bridgehead atoms. The molecule has 1 amide bonds. The van der Waals surface area contributed by atoms with Gasteiger partial charge < -0.3 is 9.47 Å². The highest BCUT2D eigenvalue weighted by Gasteiger charge is 2.32. The fourth-order valence-electron chi connectivity index (χ4n) is 2.42. The first-order valence-corrected chi connectivity index (χ1v) is 9.86. The van der Waals surface area contributed by atoms with E-state index in [9.17, 15) is 4.79 Å². The van der Waals surface area contributed by atoms with Crippen LogP contribution in [0.5, 0.6) is 11.5 Å². The van der Waals surface area contributed by atoms with Crippen LogP contribution < -0.4 is 9.47 Å². The summed E-state index contributed by atoms with van der Waals surface area (Å²) in [6, 6.07) is 5.61. The van der Waals surface area contributed by atoms with Crippen molar-refractivity contribution in [2.24, 2.45) is 4.99 Å². The number of nitrogens with zero attached hydrogens (tertiary/aromatic N) is 3. The summed E-state index contributed by atoms with van der Waals surface area (Å²) >= 11 is 2.79. The van der Waals surface area contributed by atoms with Crippen molar-refractivity contribution in [1.82, 2.24) is 9.88 Å². The molecule has 3 rings (SSSR count). The first-order valence-electron chi connectivity index (χ1n) is 8.16. The van der Waals surface area contributed by atoms with E-state index < -0.39 is 0 Å². The number of thioether (sulfide) groups is 1. The number of carbonyl (C=O) groups is 1. The Labute approximate surface area is 160 Å². The van der Waals surface area contributed by atoms with Crippen molar-refractivity contribution in [3.05, 3.63) is 40.2 Å². The van der Waals surface area contributed by atoms with Crippen LogP contribution >= 0.6 is 23.1 Å². The summed E-state index contributed by atoms with van der Waals surface area (Å²) in [7, 11) is 1.60. The highest BCUT2D eigenvalue weighted by molar-refractivity contribution is 8.18. The second-order valence-corrected chi connectivity index (χ2v) is 7.09. The minimum Gasteiger partial charge on any atom is -0.493 e. The van der Waals surface area contributed by atoms with Crippen LogP contribution in [-0.4, -0.2) is 41.2 Å². The molecule has 136 valence electrons. The van der Waals surface area contributed by atoms with Crippen LogP contribution in [0, 0.1) is 0 Å². The lowest BCUT2D eigenvalue weighted by Gasteiger charge is -2.11. The van der Waals surface area contributed by atoms with Gasteiger partial charge in [-0.25, -0.2) is 4.98 Å². The van der Waals surface area contributed by atoms with E-state index in [-0.39, 0.29) is 5.91 Å². The number of ether oxygens (including phenoxy) is 2. The van der Waals surface area contributed by atoms with Gasteiger partial charge in [-0.1, -0.05) is 6.07 Å². The summed E-state index contributed by atoms with van der Waals surface area (Å²) in [4.78, 5) is 23.6. The van der Waals surface area contributed by atoms with Gasteiger partial charge >= 0.3 is 0 Å². The Morgan fingerprint density at radius 3 is 2.81 bits per heavy atom. The molecular weight excluding hydrogens is 370 g/mol. The highest BCUT2D eigenvalue weighted by Crippen LogP contribution is 2.35. The molecular formula is C18H19N3O3S2. The molecule has 26 heavy (non-hydrogen) atoms. The zero-order valence-corrected chi connectivity index (χ0v) is 16.4. The van der Waals surface area contributed by atoms with E-state index in [0.29, 0.717) is 39.9 Å². The number of methoxy groups -OCH3 is 1. The van der Waals surface area contributed by atoms with Gasteiger partial charge in [-0.15, -0.1) is 11.3 Å². The number of amides is 1. The molecule has 1 aromatic heterocycles. The molecule has 1 aromatic carbocycles. The molecule has 6 nitrogen and oxygen atoms in total. The normalized spacial score (nSPS) is 17.3. The molecule has 0 radical (unpaired) electrons. The minimum absolute atomic E-state index is 0.0549. The molecule has 0 aliphatic carbocycles. The van der Waals surface area contributed by atoms with Gasteiger partial charge in [-0.05, 0) is 49.4 Å². The molecule has 0 atom stereocenters. The van der Waals surface area contributed by atoms with E-state index in [1.807, 2.05) is 43.5 Å². The third-order valence-corrected chi connectivity index (χ3v) is 5.27. The van der Waals surface area contributed by atoms with Crippen LogP contribution in [0.1, 0.15) is 19.4 Å². The Bertz CT molecular complexity index is 847. The Kier molecular flexibility index (Phi) is 5.95. The van der Waals surface area contributed by atoms with Gasteiger partial charge in [-0.3, -0.25) is 9.69 Å². The summed E-state index contributed by atoms with van der Waals surface area (Å²) < 4.78 is 10.9. The molecule has 0 N–H and O–H groups in total. The lowest BCUT2D eigenvalue weighted by atomic mass is 10.2. The Morgan fingerprint density at radius 1 is 1.31 bits per heavy atom. The lowest BCUT2D eigenvalue weighted by molar-refractivity contribution is -0.122. The number of hydrogen-bond acceptors (Lipinski definition) is 7. The molecule has 0 unspecified atom stereocenters. The summed E-state index contributed by atoms with van der Waals surface area (Å²) in [5.74, 6) is 1.27. The third kappa shape index (κ3) is 3.91. The summed E-state index contributed by atoms with van der Waals surface area (Å²) in [5, 5.41) is 3.15. The van der Waals surface area contributed by atoms with E-state index in [0.717, 1.165) is 5.56 Å². The summed E-state index contributed by atoms with van der Waals surface area (Å²) in [5.41, 5.74) is 0.868. The van der Waals surface area contributed by atoms with Crippen molar-refractivity contribution < 1.29 is 14.3 Å². The Morgan fingerprint density at radius 2 is 2.15 bits per heavy atom. The molecule has 1 saturated heterocycles. The van der Waals surface area contributed by atoms with Crippen LogP contribution in [0.25, 0.3) is 6.08 Å². The number of hydrogen-bond donors (Lipinski definition) is 0. The maximum Gasteiger partial charge on any atom is 0.266 e. The maximum atomic E-state index is 12.7. The zero-order valence-electron chi connectivity index (χ0n) is 14.8. The van der Waals surface area contributed by atoms with Gasteiger partial charge in [0.05, 0.1) is 18.6 Å². The van der Waals surface area contributed by atoms with Crippen molar-refractivity contribution >= 4 is 45.4 Å². The molecule has 0 saturated carbocycles. The van der Waals surface area contributed by atoms with E-state index in [1.165, 1.54) is 23.1 Å². The van der Waals surface area contributed by atoms with Crippen LogP contribution in [0.3, 0.4) is 0 Å². The number of benzene rings is 1. The average molecular weight is 390 g/mol. The van der Waals surface area contributed by atoms with Crippen LogP contribution in [-0.2, 0) is 4.79 Å². The van der Waals surface area contributed by atoms with Crippen molar-refractivity contribution in [3.8, 4) is 11.5 Å². The number of carbonyl (C=O) groups excluding carboxylic acids is 1. The van der Waals surface area contributed by atoms with Crippen LogP contribution in [0.2, 0.25) is 0 Å². The minimum atomic E-state index is -0.0549. The Balaban J connectivity index is 1.90. The van der Waals surface area contributed by atoms with Crippen LogP contribution in [0.15, 0.2) is 39.7 Å². The van der Waals surface area contributed by atoms with Gasteiger partial charge in [0.15, 0.2) is 16.7 Å². The van der Waals surface area contributed by atoms with E-state index in [2.05, 4.69) is 9.98 Å². The standard InChI is InChI=1S/C18H19N3O3S2/c1-4-21-16(22)15(26-18(21)20-17-19-8-9-25-17)11-12-6-7-13(24-5-2)14(10-12)23-3/h6-11H,4-5H2,1-3H3/b15-11-,20-18+. The third-order valence-electron chi connectivity index (χ3n) is 3.60. The SMILES string of the molecule is CCOc1ccc(/C=C2\S/C(=N/c3nccs3)N(CC)C2=O)cc1OC. The first kappa shape index (κ1) is 18.5. The second-order valence-electron chi connectivity index (χ2n) is 5.21. The number of likely N-dealkylation sites (N-methyl/N-ethyl adjacent to an activating group) is 1. The molecule has 1 aliphatic rings. The molecule has 0 spiro atoms. The van der Waals surface area contributed by atoms with Gasteiger partial charge in [0.1, 0.15) is 0 Å². The highest BCUT2D eigenvalue weighted by atomic mass is 32.2. The predicted octanol–water partition coefficient (Wildman–Crippen LogP) is 4.17. The number of thiazole rings is 1. The second kappa shape index (κ2) is 8.37. The lowest BCUT2D eigenvalue weighted by Crippen LogP contribution is -2.28. The number of aliphatic imine (C=N–C) groups is 1. The zero-order chi connectivity index (χ0) is 18.5. The molecule has 8 heteroatoms. The van der Waals surface area contributed by atoms with Gasteiger partial charge in [0, 0.05) is 18.1 Å². The van der Waals surface area contributed by atoms with Crippen molar-refractivity contribution in [1.29, 1.82) is 0 Å².